The molecule has 0 N–H and O–H groups in total. The summed E-state index contributed by atoms with van der Waals surface area (Å²) in [6, 6.07) is 17.5. The fraction of sp³-hybridized carbons (Fsp3) is 0.500. The molecule has 1 aliphatic carbocycles. The second-order valence-corrected chi connectivity index (χ2v) is 12.3. The van der Waals surface area contributed by atoms with Crippen LogP contribution in [0.25, 0.3) is 27.6 Å². The quantitative estimate of drug-likeness (QED) is 0.126. The van der Waals surface area contributed by atoms with E-state index in [1.165, 1.54) is 48.3 Å². The van der Waals surface area contributed by atoms with Crippen molar-refractivity contribution in [3.8, 4) is 0 Å². The van der Waals surface area contributed by atoms with Crippen molar-refractivity contribution >= 4 is 36.4 Å². The van der Waals surface area contributed by atoms with Gasteiger partial charge in [-0.05, 0) is 59.9 Å². The molecule has 1 atom stereocenters. The van der Waals surface area contributed by atoms with Crippen LogP contribution in [0.2, 0.25) is 6.04 Å². The van der Waals surface area contributed by atoms with Crippen molar-refractivity contribution in [2.24, 2.45) is 0 Å². The van der Waals surface area contributed by atoms with E-state index in [0.29, 0.717) is 26.2 Å². The first-order chi connectivity index (χ1) is 18.1. The molecule has 3 aromatic rings. The maximum absolute atomic E-state index is 14.0. The smallest absolute Gasteiger partial charge is 0.374 e. The van der Waals surface area contributed by atoms with Crippen molar-refractivity contribution in [2.75, 3.05) is 19.8 Å². The molecule has 0 bridgehead atoms. The van der Waals surface area contributed by atoms with Crippen molar-refractivity contribution in [1.29, 1.82) is 0 Å². The Balaban J connectivity index is 0.000000206. The van der Waals surface area contributed by atoms with Crippen LogP contribution in [-0.4, -0.2) is 28.6 Å². The number of alkyl halides is 1. The Morgan fingerprint density at radius 1 is 0.730 bits per heavy atom. The van der Waals surface area contributed by atoms with Gasteiger partial charge in [0, 0.05) is 32.3 Å². The molecule has 202 valence electrons. The third kappa shape index (κ3) is 7.97. The molecule has 0 amide bonds. The molecule has 0 fully saturated rings. The van der Waals surface area contributed by atoms with E-state index in [9.17, 15) is 4.39 Å². The highest BCUT2D eigenvalue weighted by atomic mass is 28.4. The number of rotatable bonds is 13. The number of fused-ring (bicyclic) bond motifs is 5. The molecule has 5 heteroatoms. The van der Waals surface area contributed by atoms with E-state index < -0.39 is 15.0 Å². The molecule has 3 aromatic carbocycles. The van der Waals surface area contributed by atoms with E-state index in [0.717, 1.165) is 29.0 Å². The summed E-state index contributed by atoms with van der Waals surface area (Å²) >= 11 is 0. The van der Waals surface area contributed by atoms with Crippen LogP contribution in [0, 0.1) is 0 Å². The van der Waals surface area contributed by atoms with Gasteiger partial charge in [0.05, 0.1) is 0 Å². The fourth-order valence-corrected chi connectivity index (χ4v) is 7.83. The SMILES string of the molecule is CCCCCCCC[Si](OCC)(OCC)OCC.FC1CC=Cc2c1ccc1c2ccc2ccccc21. The van der Waals surface area contributed by atoms with E-state index in [-0.39, 0.29) is 0 Å². The molecule has 1 unspecified atom stereocenters. The molecule has 0 saturated heterocycles. The summed E-state index contributed by atoms with van der Waals surface area (Å²) in [6.45, 7) is 10.3. The van der Waals surface area contributed by atoms with E-state index in [2.05, 4.69) is 49.4 Å². The minimum Gasteiger partial charge on any atom is -0.374 e. The second-order valence-electron chi connectivity index (χ2n) is 9.56. The first-order valence-corrected chi connectivity index (χ1v) is 16.2. The average molecular weight is 525 g/mol. The van der Waals surface area contributed by atoms with Crippen LogP contribution in [0.3, 0.4) is 0 Å². The summed E-state index contributed by atoms with van der Waals surface area (Å²) in [6.07, 6.45) is 11.4. The lowest BCUT2D eigenvalue weighted by atomic mass is 9.89. The summed E-state index contributed by atoms with van der Waals surface area (Å²) in [4.78, 5) is 0. The summed E-state index contributed by atoms with van der Waals surface area (Å²) in [5.41, 5.74) is 1.87. The molecule has 0 spiro atoms. The first-order valence-electron chi connectivity index (χ1n) is 14.3. The van der Waals surface area contributed by atoms with Crippen LogP contribution in [0.15, 0.2) is 54.6 Å². The summed E-state index contributed by atoms with van der Waals surface area (Å²) in [5, 5.41) is 4.81. The predicted molar refractivity (Wildman–Crippen MR) is 158 cm³/mol. The van der Waals surface area contributed by atoms with Crippen LogP contribution in [0.4, 0.5) is 4.39 Å². The van der Waals surface area contributed by atoms with E-state index in [4.69, 9.17) is 13.3 Å². The molecule has 0 heterocycles. The number of unbranched alkanes of at least 4 members (excludes halogenated alkanes) is 5. The van der Waals surface area contributed by atoms with Crippen molar-refractivity contribution in [3.05, 3.63) is 65.7 Å². The highest BCUT2D eigenvalue weighted by Crippen LogP contribution is 2.37. The Morgan fingerprint density at radius 2 is 1.38 bits per heavy atom. The van der Waals surface area contributed by atoms with Gasteiger partial charge in [-0.25, -0.2) is 4.39 Å². The van der Waals surface area contributed by atoms with Gasteiger partial charge in [-0.1, -0.05) is 99.7 Å². The van der Waals surface area contributed by atoms with Gasteiger partial charge in [-0.3, -0.25) is 0 Å². The predicted octanol–water partition coefficient (Wildman–Crippen LogP) is 9.82. The van der Waals surface area contributed by atoms with Crippen molar-refractivity contribution in [1.82, 2.24) is 0 Å². The zero-order valence-electron chi connectivity index (χ0n) is 23.2. The van der Waals surface area contributed by atoms with Crippen LogP contribution in [-0.2, 0) is 13.3 Å². The number of halogens is 1. The maximum atomic E-state index is 14.0. The largest absolute Gasteiger partial charge is 0.500 e. The zero-order valence-corrected chi connectivity index (χ0v) is 24.2. The highest BCUT2D eigenvalue weighted by Gasteiger charge is 2.39. The molecule has 3 nitrogen and oxygen atoms in total. The first kappa shape index (κ1) is 29.5. The molecule has 0 saturated carbocycles. The van der Waals surface area contributed by atoms with Gasteiger partial charge in [0.15, 0.2) is 0 Å². The van der Waals surface area contributed by atoms with Crippen LogP contribution >= 0.6 is 0 Å². The molecule has 0 aromatic heterocycles. The summed E-state index contributed by atoms with van der Waals surface area (Å²) < 4.78 is 31.5. The molecular formula is C32H45FO3Si. The van der Waals surface area contributed by atoms with Gasteiger partial charge >= 0.3 is 8.80 Å². The monoisotopic (exact) mass is 524 g/mol. The van der Waals surface area contributed by atoms with Gasteiger partial charge in [0.25, 0.3) is 0 Å². The van der Waals surface area contributed by atoms with Crippen molar-refractivity contribution in [2.45, 2.75) is 84.9 Å². The Kier molecular flexibility index (Phi) is 12.3. The van der Waals surface area contributed by atoms with Gasteiger partial charge in [0.1, 0.15) is 6.17 Å². The Bertz CT molecular complexity index is 1110. The standard InChI is InChI=1S/C18H13F.C14H32O3Si/c19-18-7-3-6-14-16-9-8-12-4-1-2-5-13(12)15(16)10-11-17(14)18;1-5-9-10-11-12-13-14-18(15-6-2,16-7-3)17-8-4/h1-6,8-11,18H,7H2;5-14H2,1-4H3. The van der Waals surface area contributed by atoms with Crippen LogP contribution in [0.5, 0.6) is 0 Å². The normalized spacial score (nSPS) is 15.0. The number of benzene rings is 3. The second kappa shape index (κ2) is 15.4. The fourth-order valence-electron chi connectivity index (χ4n) is 5.14. The van der Waals surface area contributed by atoms with E-state index >= 15 is 0 Å². The van der Waals surface area contributed by atoms with Gasteiger partial charge in [-0.2, -0.15) is 0 Å². The zero-order chi connectivity index (χ0) is 26.5. The third-order valence-electron chi connectivity index (χ3n) is 6.90. The van der Waals surface area contributed by atoms with Crippen molar-refractivity contribution in [3.63, 3.8) is 0 Å². The minimum atomic E-state index is -2.36. The lowest BCUT2D eigenvalue weighted by Crippen LogP contribution is -2.45. The summed E-state index contributed by atoms with van der Waals surface area (Å²) in [7, 11) is -2.36. The Morgan fingerprint density at radius 3 is 2.08 bits per heavy atom. The molecule has 0 radical (unpaired) electrons. The van der Waals surface area contributed by atoms with Crippen LogP contribution < -0.4 is 0 Å². The topological polar surface area (TPSA) is 27.7 Å². The third-order valence-corrected chi connectivity index (χ3v) is 10.0. The molecular weight excluding hydrogens is 479 g/mol. The van der Waals surface area contributed by atoms with Crippen LogP contribution in [0.1, 0.15) is 89.9 Å². The average Bonchev–Trinajstić information content (AvgIpc) is 2.91. The van der Waals surface area contributed by atoms with E-state index in [1.54, 1.807) is 0 Å². The number of hydrogen-bond donors (Lipinski definition) is 0. The van der Waals surface area contributed by atoms with Crippen molar-refractivity contribution < 1.29 is 17.7 Å². The lowest BCUT2D eigenvalue weighted by molar-refractivity contribution is 0.0706. The Labute approximate surface area is 224 Å². The highest BCUT2D eigenvalue weighted by molar-refractivity contribution is 6.60. The number of hydrogen-bond acceptors (Lipinski definition) is 3. The molecule has 37 heavy (non-hydrogen) atoms. The molecule has 0 aliphatic heterocycles. The van der Waals surface area contributed by atoms with Gasteiger partial charge < -0.3 is 13.3 Å². The molecule has 4 rings (SSSR count). The summed E-state index contributed by atoms with van der Waals surface area (Å²) in [5.74, 6) is 0. The van der Waals surface area contributed by atoms with Gasteiger partial charge in [0.2, 0.25) is 0 Å². The number of allylic oxidation sites excluding steroid dienone is 1. The van der Waals surface area contributed by atoms with Gasteiger partial charge in [-0.15, -0.1) is 0 Å². The maximum Gasteiger partial charge on any atom is 0.500 e. The Hall–Kier alpha value is -2.05. The lowest BCUT2D eigenvalue weighted by Gasteiger charge is -2.28. The molecule has 1 aliphatic rings. The minimum absolute atomic E-state index is 0.492. The van der Waals surface area contributed by atoms with E-state index in [1.807, 2.05) is 39.0 Å².